The van der Waals surface area contributed by atoms with Crippen LogP contribution in [0.2, 0.25) is 0 Å². The van der Waals surface area contributed by atoms with Gasteiger partial charge < -0.3 is 13.9 Å². The van der Waals surface area contributed by atoms with Gasteiger partial charge in [-0.3, -0.25) is 4.79 Å². The fourth-order valence-corrected chi connectivity index (χ4v) is 4.26. The standard InChI is InChI=1S/C22H21F2N3O3/c1-2-30-18-7-20-26-19(22-8-14(22)11-29-12-22)10-27(20)9-13(18)6-17(28)15-4-3-5-16(25-15)21(23)24/h3-5,7,9-10,14,21H,2,6,8,11-12H2,1H3. The Morgan fingerprint density at radius 2 is 2.23 bits per heavy atom. The van der Waals surface area contributed by atoms with E-state index in [2.05, 4.69) is 4.98 Å². The van der Waals surface area contributed by atoms with Gasteiger partial charge in [0.1, 0.15) is 22.8 Å². The van der Waals surface area contributed by atoms with Crippen molar-refractivity contribution in [3.8, 4) is 5.75 Å². The molecular formula is C22H21F2N3O3. The van der Waals surface area contributed by atoms with Crippen LogP contribution in [0.3, 0.4) is 0 Å². The first-order valence-electron chi connectivity index (χ1n) is 10.0. The van der Waals surface area contributed by atoms with Gasteiger partial charge in [-0.2, -0.15) is 0 Å². The minimum absolute atomic E-state index is 0.00461. The van der Waals surface area contributed by atoms with E-state index in [0.29, 0.717) is 30.4 Å². The van der Waals surface area contributed by atoms with Gasteiger partial charge in [-0.25, -0.2) is 18.7 Å². The first-order chi connectivity index (χ1) is 14.5. The van der Waals surface area contributed by atoms with Crippen molar-refractivity contribution in [1.29, 1.82) is 0 Å². The highest BCUT2D eigenvalue weighted by Gasteiger charge is 2.60. The second-order valence-corrected chi connectivity index (χ2v) is 7.91. The quantitative estimate of drug-likeness (QED) is 0.552. The van der Waals surface area contributed by atoms with Gasteiger partial charge in [0.15, 0.2) is 5.78 Å². The number of fused-ring (bicyclic) bond motifs is 2. The molecule has 1 aliphatic heterocycles. The number of Topliss-reactive ketones (excluding diaryl/α,β-unsaturated/α-hetero) is 1. The molecule has 1 saturated carbocycles. The number of carbonyl (C=O) groups excluding carboxylic acids is 1. The molecule has 156 valence electrons. The highest BCUT2D eigenvalue weighted by Crippen LogP contribution is 2.57. The number of nitrogens with zero attached hydrogens (tertiary/aromatic N) is 3. The molecule has 0 radical (unpaired) electrons. The van der Waals surface area contributed by atoms with Crippen LogP contribution in [0.4, 0.5) is 8.78 Å². The summed E-state index contributed by atoms with van der Waals surface area (Å²) in [5.41, 5.74) is 2.04. The Hall–Kier alpha value is -2.87. The van der Waals surface area contributed by atoms with E-state index in [1.54, 1.807) is 0 Å². The third kappa shape index (κ3) is 3.15. The zero-order valence-electron chi connectivity index (χ0n) is 16.5. The molecule has 4 heterocycles. The number of ether oxygens (including phenoxy) is 2. The fraction of sp³-hybridized carbons (Fsp3) is 0.409. The topological polar surface area (TPSA) is 65.7 Å². The maximum absolute atomic E-state index is 12.9. The first-order valence-corrected chi connectivity index (χ1v) is 10.0. The molecule has 5 rings (SSSR count). The number of carbonyl (C=O) groups is 1. The molecule has 1 aliphatic carbocycles. The molecule has 2 fully saturated rings. The van der Waals surface area contributed by atoms with Crippen molar-refractivity contribution in [3.05, 3.63) is 59.3 Å². The molecule has 8 heteroatoms. The van der Waals surface area contributed by atoms with Gasteiger partial charge in [0.2, 0.25) is 0 Å². The summed E-state index contributed by atoms with van der Waals surface area (Å²) in [7, 11) is 0. The summed E-state index contributed by atoms with van der Waals surface area (Å²) >= 11 is 0. The summed E-state index contributed by atoms with van der Waals surface area (Å²) in [6.45, 7) is 3.77. The number of alkyl halides is 2. The summed E-state index contributed by atoms with van der Waals surface area (Å²) in [5, 5.41) is 0. The van der Waals surface area contributed by atoms with E-state index >= 15 is 0 Å². The van der Waals surface area contributed by atoms with Crippen LogP contribution in [0.1, 0.15) is 47.2 Å². The summed E-state index contributed by atoms with van der Waals surface area (Å²) in [4.78, 5) is 21.3. The molecule has 0 amide bonds. The molecule has 3 aromatic rings. The van der Waals surface area contributed by atoms with Gasteiger partial charge in [-0.05, 0) is 31.4 Å². The van der Waals surface area contributed by atoms with Gasteiger partial charge in [-0.1, -0.05) is 6.07 Å². The van der Waals surface area contributed by atoms with E-state index < -0.39 is 12.1 Å². The van der Waals surface area contributed by atoms with E-state index in [9.17, 15) is 13.6 Å². The van der Waals surface area contributed by atoms with E-state index in [-0.39, 0.29) is 23.3 Å². The lowest BCUT2D eigenvalue weighted by atomic mass is 10.0. The maximum Gasteiger partial charge on any atom is 0.280 e. The predicted octanol–water partition coefficient (Wildman–Crippen LogP) is 3.78. The van der Waals surface area contributed by atoms with E-state index in [1.165, 1.54) is 18.2 Å². The van der Waals surface area contributed by atoms with Crippen molar-refractivity contribution in [3.63, 3.8) is 0 Å². The van der Waals surface area contributed by atoms with Crippen molar-refractivity contribution in [1.82, 2.24) is 14.4 Å². The Balaban J connectivity index is 1.47. The third-order valence-electron chi connectivity index (χ3n) is 5.98. The largest absolute Gasteiger partial charge is 0.493 e. The average Bonchev–Trinajstić information content (AvgIpc) is 3.08. The minimum Gasteiger partial charge on any atom is -0.493 e. The molecule has 2 unspecified atom stereocenters. The second-order valence-electron chi connectivity index (χ2n) is 7.91. The van der Waals surface area contributed by atoms with Gasteiger partial charge in [0.25, 0.3) is 6.43 Å². The van der Waals surface area contributed by atoms with Crippen LogP contribution in [0.5, 0.6) is 5.75 Å². The molecule has 2 aliphatic rings. The van der Waals surface area contributed by atoms with Crippen LogP contribution in [0.25, 0.3) is 5.65 Å². The van der Waals surface area contributed by atoms with Crippen LogP contribution < -0.4 is 4.74 Å². The minimum atomic E-state index is -2.72. The Kier molecular flexibility index (Phi) is 4.54. The molecule has 0 aromatic carbocycles. The van der Waals surface area contributed by atoms with Crippen molar-refractivity contribution in [2.24, 2.45) is 5.92 Å². The van der Waals surface area contributed by atoms with Crippen molar-refractivity contribution >= 4 is 11.4 Å². The van der Waals surface area contributed by atoms with E-state index in [1.807, 2.05) is 29.8 Å². The molecule has 0 spiro atoms. The lowest BCUT2D eigenvalue weighted by Crippen LogP contribution is -2.11. The van der Waals surface area contributed by atoms with Crippen molar-refractivity contribution < 1.29 is 23.0 Å². The zero-order valence-corrected chi connectivity index (χ0v) is 16.5. The van der Waals surface area contributed by atoms with Crippen LogP contribution in [0.15, 0.2) is 36.7 Å². The number of hydrogen-bond acceptors (Lipinski definition) is 5. The molecule has 30 heavy (non-hydrogen) atoms. The lowest BCUT2D eigenvalue weighted by Gasteiger charge is -2.11. The second kappa shape index (κ2) is 7.12. The Labute approximate surface area is 171 Å². The first kappa shape index (κ1) is 19.1. The number of hydrogen-bond donors (Lipinski definition) is 0. The number of halogens is 2. The van der Waals surface area contributed by atoms with Crippen LogP contribution in [-0.2, 0) is 16.6 Å². The Morgan fingerprint density at radius 1 is 1.37 bits per heavy atom. The molecule has 3 aromatic heterocycles. The fourth-order valence-electron chi connectivity index (χ4n) is 4.26. The average molecular weight is 413 g/mol. The molecule has 2 atom stereocenters. The number of ketones is 1. The summed E-state index contributed by atoms with van der Waals surface area (Å²) < 4.78 is 39.1. The van der Waals surface area contributed by atoms with Crippen molar-refractivity contribution in [2.45, 2.75) is 31.6 Å². The third-order valence-corrected chi connectivity index (χ3v) is 5.98. The molecule has 6 nitrogen and oxygen atoms in total. The summed E-state index contributed by atoms with van der Waals surface area (Å²) in [6, 6.07) is 5.91. The maximum atomic E-state index is 12.9. The summed E-state index contributed by atoms with van der Waals surface area (Å²) in [6.07, 6.45) is 2.18. The van der Waals surface area contributed by atoms with Gasteiger partial charge in [0.05, 0.1) is 25.5 Å². The lowest BCUT2D eigenvalue weighted by molar-refractivity contribution is 0.0984. The molecule has 1 saturated heterocycles. The number of rotatable bonds is 7. The monoisotopic (exact) mass is 413 g/mol. The predicted molar refractivity (Wildman–Crippen MR) is 104 cm³/mol. The van der Waals surface area contributed by atoms with Crippen LogP contribution in [0, 0.1) is 5.92 Å². The van der Waals surface area contributed by atoms with Crippen molar-refractivity contribution in [2.75, 3.05) is 19.8 Å². The number of imidazole rings is 1. The van der Waals surface area contributed by atoms with Gasteiger partial charge >= 0.3 is 0 Å². The van der Waals surface area contributed by atoms with Crippen LogP contribution >= 0.6 is 0 Å². The van der Waals surface area contributed by atoms with Gasteiger partial charge in [0, 0.05) is 35.9 Å². The smallest absolute Gasteiger partial charge is 0.280 e. The molecular weight excluding hydrogens is 392 g/mol. The molecule has 0 bridgehead atoms. The van der Waals surface area contributed by atoms with E-state index in [4.69, 9.17) is 14.5 Å². The Morgan fingerprint density at radius 3 is 2.93 bits per heavy atom. The normalized spacial score (nSPS) is 22.5. The molecule has 0 N–H and O–H groups in total. The highest BCUT2D eigenvalue weighted by atomic mass is 19.3. The Bertz CT molecular complexity index is 1130. The number of pyridine rings is 2. The zero-order chi connectivity index (χ0) is 20.9. The summed E-state index contributed by atoms with van der Waals surface area (Å²) in [5.74, 6) is 0.749. The van der Waals surface area contributed by atoms with E-state index in [0.717, 1.165) is 24.4 Å². The van der Waals surface area contributed by atoms with Crippen LogP contribution in [-0.4, -0.2) is 40.0 Å². The number of aromatic nitrogens is 3. The highest BCUT2D eigenvalue weighted by molar-refractivity contribution is 5.96. The van der Waals surface area contributed by atoms with Gasteiger partial charge in [-0.15, -0.1) is 0 Å². The SMILES string of the molecule is CCOc1cc2nc(C34COCC3C4)cn2cc1CC(=O)c1cccc(C(F)F)n1.